The monoisotopic (exact) mass is 446 g/mol. The summed E-state index contributed by atoms with van der Waals surface area (Å²) in [6, 6.07) is 20.1. The number of benzene rings is 2. The molecule has 0 atom stereocenters. The molecule has 2 N–H and O–H groups in total. The Morgan fingerprint density at radius 3 is 2.28 bits per heavy atom. The fourth-order valence-corrected chi connectivity index (χ4v) is 5.53. The molecule has 1 aromatic heterocycles. The first-order valence-corrected chi connectivity index (χ1v) is 12.3. The van der Waals surface area contributed by atoms with Crippen LogP contribution in [0.15, 0.2) is 60.7 Å². The summed E-state index contributed by atoms with van der Waals surface area (Å²) >= 11 is 1.59. The average molecular weight is 447 g/mol. The summed E-state index contributed by atoms with van der Waals surface area (Å²) in [6.45, 7) is 0.481. The Balaban J connectivity index is 1.44. The van der Waals surface area contributed by atoms with Crippen LogP contribution in [0.2, 0.25) is 0 Å². The van der Waals surface area contributed by atoms with Crippen molar-refractivity contribution in [2.45, 2.75) is 57.9 Å². The number of carbonyl (C=O) groups is 2. The minimum atomic E-state index is -0.0900. The molecule has 0 radical (unpaired) electrons. The van der Waals surface area contributed by atoms with Gasteiger partial charge in [-0.25, -0.2) is 0 Å². The van der Waals surface area contributed by atoms with Crippen LogP contribution in [0.1, 0.15) is 64.0 Å². The zero-order valence-corrected chi connectivity index (χ0v) is 19.2. The number of anilines is 1. The maximum Gasteiger partial charge on any atom is 0.254 e. The molecule has 4 nitrogen and oxygen atoms in total. The second kappa shape index (κ2) is 11.1. The third-order valence-electron chi connectivity index (χ3n) is 5.91. The summed E-state index contributed by atoms with van der Waals surface area (Å²) in [5, 5.41) is 6.85. The van der Waals surface area contributed by atoms with Crippen molar-refractivity contribution in [1.82, 2.24) is 5.32 Å². The lowest BCUT2D eigenvalue weighted by molar-refractivity contribution is -0.116. The number of nitrogens with one attached hydrogen (secondary N) is 2. The Kier molecular flexibility index (Phi) is 7.73. The molecule has 0 unspecified atom stereocenters. The molecular weight excluding hydrogens is 416 g/mol. The number of amides is 2. The Hall–Kier alpha value is -2.92. The van der Waals surface area contributed by atoms with Gasteiger partial charge in [0, 0.05) is 17.8 Å². The van der Waals surface area contributed by atoms with Crippen LogP contribution < -0.4 is 10.6 Å². The topological polar surface area (TPSA) is 58.2 Å². The fourth-order valence-electron chi connectivity index (χ4n) is 4.22. The van der Waals surface area contributed by atoms with E-state index in [-0.39, 0.29) is 11.8 Å². The van der Waals surface area contributed by atoms with Crippen LogP contribution in [0.5, 0.6) is 0 Å². The molecule has 166 valence electrons. The number of rotatable bonds is 8. The van der Waals surface area contributed by atoms with E-state index < -0.39 is 0 Å². The van der Waals surface area contributed by atoms with Crippen LogP contribution in [-0.4, -0.2) is 11.8 Å². The molecule has 0 fully saturated rings. The predicted molar refractivity (Wildman–Crippen MR) is 131 cm³/mol. The third kappa shape index (κ3) is 5.86. The highest BCUT2D eigenvalue weighted by atomic mass is 32.1. The molecule has 1 aliphatic carbocycles. The Morgan fingerprint density at radius 1 is 0.844 bits per heavy atom. The van der Waals surface area contributed by atoms with Crippen LogP contribution >= 0.6 is 11.3 Å². The molecule has 5 heteroatoms. The van der Waals surface area contributed by atoms with Gasteiger partial charge in [-0.2, -0.15) is 0 Å². The van der Waals surface area contributed by atoms with Gasteiger partial charge in [0.25, 0.3) is 5.91 Å². The molecule has 2 amide bonds. The van der Waals surface area contributed by atoms with Crippen molar-refractivity contribution in [2.24, 2.45) is 0 Å². The molecule has 32 heavy (non-hydrogen) atoms. The molecule has 2 aromatic carbocycles. The van der Waals surface area contributed by atoms with Crippen molar-refractivity contribution < 1.29 is 9.59 Å². The number of fused-ring (bicyclic) bond motifs is 1. The van der Waals surface area contributed by atoms with E-state index in [0.29, 0.717) is 23.5 Å². The molecule has 1 heterocycles. The van der Waals surface area contributed by atoms with Gasteiger partial charge in [0.15, 0.2) is 0 Å². The SMILES string of the molecule is O=C(CCCc1ccccc1)Nc1sc2c(c1C(=O)NCc1ccccc1)CCCCC2. The van der Waals surface area contributed by atoms with Gasteiger partial charge in [-0.1, -0.05) is 67.1 Å². The van der Waals surface area contributed by atoms with Crippen LogP contribution in [-0.2, 0) is 30.6 Å². The highest BCUT2D eigenvalue weighted by Gasteiger charge is 2.25. The zero-order chi connectivity index (χ0) is 22.2. The van der Waals surface area contributed by atoms with Crippen LogP contribution in [0.25, 0.3) is 0 Å². The van der Waals surface area contributed by atoms with E-state index in [2.05, 4.69) is 22.8 Å². The molecular formula is C27H30N2O2S. The number of thiophene rings is 1. The van der Waals surface area contributed by atoms with E-state index in [1.807, 2.05) is 48.5 Å². The van der Waals surface area contributed by atoms with Gasteiger partial charge in [-0.15, -0.1) is 11.3 Å². The standard InChI is InChI=1S/C27H30N2O2S/c30-24(18-10-15-20-11-4-1-5-12-20)29-27-25(22-16-8-3-9-17-23(22)32-27)26(31)28-19-21-13-6-2-7-14-21/h1-2,4-7,11-14H,3,8-10,15-19H2,(H,28,31)(H,29,30). The van der Waals surface area contributed by atoms with Crippen molar-refractivity contribution in [2.75, 3.05) is 5.32 Å². The van der Waals surface area contributed by atoms with Crippen molar-refractivity contribution in [3.05, 3.63) is 87.8 Å². The van der Waals surface area contributed by atoms with Gasteiger partial charge < -0.3 is 10.6 Å². The van der Waals surface area contributed by atoms with Crippen molar-refractivity contribution >= 4 is 28.2 Å². The lowest BCUT2D eigenvalue weighted by Gasteiger charge is -2.10. The van der Waals surface area contributed by atoms with Gasteiger partial charge in [-0.05, 0) is 55.2 Å². The normalized spacial score (nSPS) is 13.1. The predicted octanol–water partition coefficient (Wildman–Crippen LogP) is 5.91. The van der Waals surface area contributed by atoms with Gasteiger partial charge in [0.2, 0.25) is 5.91 Å². The molecule has 3 aromatic rings. The molecule has 0 aliphatic heterocycles. The van der Waals surface area contributed by atoms with Gasteiger partial charge in [0.1, 0.15) is 5.00 Å². The number of hydrogen-bond donors (Lipinski definition) is 2. The van der Waals surface area contributed by atoms with E-state index >= 15 is 0 Å². The van der Waals surface area contributed by atoms with Gasteiger partial charge >= 0.3 is 0 Å². The Morgan fingerprint density at radius 2 is 1.53 bits per heavy atom. The van der Waals surface area contributed by atoms with Crippen molar-refractivity contribution in [3.8, 4) is 0 Å². The molecule has 0 saturated carbocycles. The largest absolute Gasteiger partial charge is 0.348 e. The summed E-state index contributed by atoms with van der Waals surface area (Å²) < 4.78 is 0. The second-order valence-electron chi connectivity index (χ2n) is 8.32. The van der Waals surface area contributed by atoms with Gasteiger partial charge in [0.05, 0.1) is 5.56 Å². The first kappa shape index (κ1) is 22.3. The summed E-state index contributed by atoms with van der Waals surface area (Å²) in [4.78, 5) is 27.2. The lowest BCUT2D eigenvalue weighted by Crippen LogP contribution is -2.25. The summed E-state index contributed by atoms with van der Waals surface area (Å²) in [5.41, 5.74) is 4.12. The summed E-state index contributed by atoms with van der Waals surface area (Å²) in [7, 11) is 0. The fraction of sp³-hybridized carbons (Fsp3) is 0.333. The van der Waals surface area contributed by atoms with Crippen LogP contribution in [0, 0.1) is 0 Å². The van der Waals surface area contributed by atoms with Crippen LogP contribution in [0.3, 0.4) is 0 Å². The van der Waals surface area contributed by atoms with Crippen LogP contribution in [0.4, 0.5) is 5.00 Å². The third-order valence-corrected chi connectivity index (χ3v) is 7.12. The van der Waals surface area contributed by atoms with E-state index in [0.717, 1.165) is 49.7 Å². The summed E-state index contributed by atoms with van der Waals surface area (Å²) in [6.07, 6.45) is 7.43. The molecule has 1 aliphatic rings. The van der Waals surface area contributed by atoms with E-state index in [4.69, 9.17) is 0 Å². The highest BCUT2D eigenvalue weighted by Crippen LogP contribution is 2.37. The minimum Gasteiger partial charge on any atom is -0.348 e. The lowest BCUT2D eigenvalue weighted by atomic mass is 10.0. The second-order valence-corrected chi connectivity index (χ2v) is 9.43. The Bertz CT molecular complexity index is 1040. The molecule has 0 spiro atoms. The quantitative estimate of drug-likeness (QED) is 0.423. The zero-order valence-electron chi connectivity index (χ0n) is 18.4. The maximum atomic E-state index is 13.2. The van der Waals surface area contributed by atoms with E-state index in [1.165, 1.54) is 16.9 Å². The first-order valence-electron chi connectivity index (χ1n) is 11.5. The smallest absolute Gasteiger partial charge is 0.254 e. The highest BCUT2D eigenvalue weighted by molar-refractivity contribution is 7.17. The number of carbonyl (C=O) groups excluding carboxylic acids is 2. The molecule has 0 bridgehead atoms. The van der Waals surface area contributed by atoms with Crippen molar-refractivity contribution in [1.29, 1.82) is 0 Å². The molecule has 0 saturated heterocycles. The summed E-state index contributed by atoms with van der Waals surface area (Å²) in [5.74, 6) is -0.109. The average Bonchev–Trinajstić information content (AvgIpc) is 2.99. The van der Waals surface area contributed by atoms with E-state index in [9.17, 15) is 9.59 Å². The Labute approximate surface area is 194 Å². The maximum absolute atomic E-state index is 13.2. The van der Waals surface area contributed by atoms with E-state index in [1.54, 1.807) is 11.3 Å². The van der Waals surface area contributed by atoms with Gasteiger partial charge in [-0.3, -0.25) is 9.59 Å². The minimum absolute atomic E-state index is 0.0190. The first-order chi connectivity index (χ1) is 15.7. The number of aryl methyl sites for hydroxylation is 2. The van der Waals surface area contributed by atoms with Crippen molar-refractivity contribution in [3.63, 3.8) is 0 Å². The number of hydrogen-bond acceptors (Lipinski definition) is 3. The molecule has 4 rings (SSSR count).